The molecule has 88 valence electrons. The van der Waals surface area contributed by atoms with Gasteiger partial charge in [-0.05, 0) is 0 Å². The fourth-order valence-electron chi connectivity index (χ4n) is 1.59. The van der Waals surface area contributed by atoms with E-state index in [9.17, 15) is 26.3 Å². The van der Waals surface area contributed by atoms with E-state index in [-0.39, 0.29) is 0 Å². The van der Waals surface area contributed by atoms with Gasteiger partial charge < -0.3 is 0 Å². The molecule has 1 rings (SSSR count). The van der Waals surface area contributed by atoms with E-state index in [1.54, 1.807) is 0 Å². The van der Waals surface area contributed by atoms with Crippen LogP contribution in [0.15, 0.2) is 10.2 Å². The lowest BCUT2D eigenvalue weighted by Gasteiger charge is -2.28. The highest BCUT2D eigenvalue weighted by Crippen LogP contribution is 2.44. The van der Waals surface area contributed by atoms with Gasteiger partial charge in [-0.1, -0.05) is 0 Å². The highest BCUT2D eigenvalue weighted by atomic mass is 19.4. The standard InChI is InChI=1S/C7H8F6N2/c8-6(9,10)1-5(2-7(11,12)13)3-14-15-4-5/h1-4H2. The van der Waals surface area contributed by atoms with E-state index in [0.717, 1.165) is 0 Å². The van der Waals surface area contributed by atoms with Gasteiger partial charge in [-0.25, -0.2) is 0 Å². The Balaban J connectivity index is 2.72. The summed E-state index contributed by atoms with van der Waals surface area (Å²) in [6.07, 6.45) is -12.2. The van der Waals surface area contributed by atoms with Crippen LogP contribution in [0.25, 0.3) is 0 Å². The molecule has 0 atom stereocenters. The van der Waals surface area contributed by atoms with Gasteiger partial charge in [-0.3, -0.25) is 0 Å². The second-order valence-corrected chi connectivity index (χ2v) is 3.68. The van der Waals surface area contributed by atoms with Crippen LogP contribution in [-0.4, -0.2) is 25.4 Å². The molecule has 0 fully saturated rings. The number of rotatable bonds is 2. The van der Waals surface area contributed by atoms with Crippen LogP contribution in [0.3, 0.4) is 0 Å². The summed E-state index contributed by atoms with van der Waals surface area (Å²) in [7, 11) is 0. The van der Waals surface area contributed by atoms with Crippen LogP contribution in [0.5, 0.6) is 0 Å². The summed E-state index contributed by atoms with van der Waals surface area (Å²) in [6, 6.07) is 0. The van der Waals surface area contributed by atoms with Crippen molar-refractivity contribution in [1.82, 2.24) is 0 Å². The molecule has 1 aliphatic rings. The Kier molecular flexibility index (Phi) is 2.97. The molecule has 15 heavy (non-hydrogen) atoms. The molecule has 0 aliphatic carbocycles. The van der Waals surface area contributed by atoms with Crippen LogP contribution in [0.4, 0.5) is 26.3 Å². The van der Waals surface area contributed by atoms with Gasteiger partial charge in [0.25, 0.3) is 0 Å². The van der Waals surface area contributed by atoms with Crippen molar-refractivity contribution in [2.45, 2.75) is 25.2 Å². The molecule has 1 aliphatic heterocycles. The van der Waals surface area contributed by atoms with Crippen LogP contribution in [0.1, 0.15) is 12.8 Å². The van der Waals surface area contributed by atoms with E-state index in [1.807, 2.05) is 0 Å². The number of halogens is 6. The third kappa shape index (κ3) is 4.05. The van der Waals surface area contributed by atoms with E-state index in [4.69, 9.17) is 0 Å². The Morgan fingerprint density at radius 3 is 1.40 bits per heavy atom. The van der Waals surface area contributed by atoms with Gasteiger partial charge in [0.1, 0.15) is 0 Å². The highest BCUT2D eigenvalue weighted by Gasteiger charge is 2.50. The Bertz CT molecular complexity index is 227. The molecule has 0 amide bonds. The minimum Gasteiger partial charge on any atom is -0.194 e. The Labute approximate surface area is 81.4 Å². The molecule has 0 aromatic carbocycles. The Hall–Kier alpha value is -0.820. The molecule has 0 N–H and O–H groups in total. The summed E-state index contributed by atoms with van der Waals surface area (Å²) in [5.74, 6) is 0. The van der Waals surface area contributed by atoms with Gasteiger partial charge in [-0.2, -0.15) is 36.6 Å². The molecule has 0 spiro atoms. The summed E-state index contributed by atoms with van der Waals surface area (Å²) >= 11 is 0. The SMILES string of the molecule is FC(F)(F)CC1(CC(F)(F)F)CN=NC1. The summed E-state index contributed by atoms with van der Waals surface area (Å²) < 4.78 is 72.5. The van der Waals surface area contributed by atoms with E-state index in [1.165, 1.54) is 0 Å². The Morgan fingerprint density at radius 1 is 0.800 bits per heavy atom. The molecule has 0 unspecified atom stereocenters. The molecule has 2 nitrogen and oxygen atoms in total. The zero-order chi connectivity index (χ0) is 11.7. The van der Waals surface area contributed by atoms with Gasteiger partial charge in [0, 0.05) is 5.41 Å². The molecule has 0 aromatic rings. The van der Waals surface area contributed by atoms with Gasteiger partial charge >= 0.3 is 12.4 Å². The number of nitrogens with zero attached hydrogens (tertiary/aromatic N) is 2. The molecular formula is C7H8F6N2. The number of hydrogen-bond acceptors (Lipinski definition) is 2. The normalized spacial score (nSPS) is 20.9. The van der Waals surface area contributed by atoms with E-state index < -0.39 is 43.7 Å². The predicted octanol–water partition coefficient (Wildman–Crippen LogP) is 3.34. The molecule has 0 saturated heterocycles. The fourth-order valence-corrected chi connectivity index (χ4v) is 1.59. The van der Waals surface area contributed by atoms with E-state index >= 15 is 0 Å². The van der Waals surface area contributed by atoms with Crippen molar-refractivity contribution >= 4 is 0 Å². The number of alkyl halides is 6. The lowest BCUT2D eigenvalue weighted by molar-refractivity contribution is -0.189. The second-order valence-electron chi connectivity index (χ2n) is 3.68. The zero-order valence-electron chi connectivity index (χ0n) is 7.49. The summed E-state index contributed by atoms with van der Waals surface area (Å²) in [6.45, 7) is -1.02. The smallest absolute Gasteiger partial charge is 0.194 e. The van der Waals surface area contributed by atoms with Crippen molar-refractivity contribution in [2.75, 3.05) is 13.1 Å². The molecule has 0 saturated carbocycles. The third-order valence-electron chi connectivity index (χ3n) is 2.06. The van der Waals surface area contributed by atoms with Crippen molar-refractivity contribution in [3.05, 3.63) is 0 Å². The van der Waals surface area contributed by atoms with Crippen molar-refractivity contribution in [3.63, 3.8) is 0 Å². The first-order chi connectivity index (χ1) is 6.62. The lowest BCUT2D eigenvalue weighted by atomic mass is 9.81. The first-order valence-electron chi connectivity index (χ1n) is 4.09. The van der Waals surface area contributed by atoms with Crippen molar-refractivity contribution in [1.29, 1.82) is 0 Å². The summed E-state index contributed by atoms with van der Waals surface area (Å²) in [5.41, 5.74) is -1.92. The van der Waals surface area contributed by atoms with E-state index in [2.05, 4.69) is 10.2 Å². The minimum absolute atomic E-state index is 0.508. The van der Waals surface area contributed by atoms with Gasteiger partial charge in [0.15, 0.2) is 0 Å². The fraction of sp³-hybridized carbons (Fsp3) is 1.00. The molecular weight excluding hydrogens is 226 g/mol. The van der Waals surface area contributed by atoms with Gasteiger partial charge in [0.05, 0.1) is 25.9 Å². The van der Waals surface area contributed by atoms with E-state index in [0.29, 0.717) is 0 Å². The van der Waals surface area contributed by atoms with Crippen LogP contribution in [0, 0.1) is 5.41 Å². The second kappa shape index (κ2) is 3.64. The number of azo groups is 1. The summed E-state index contributed by atoms with van der Waals surface area (Å²) in [5, 5.41) is 6.46. The lowest BCUT2D eigenvalue weighted by Crippen LogP contribution is -2.36. The largest absolute Gasteiger partial charge is 0.389 e. The van der Waals surface area contributed by atoms with Crippen LogP contribution < -0.4 is 0 Å². The third-order valence-corrected chi connectivity index (χ3v) is 2.06. The predicted molar refractivity (Wildman–Crippen MR) is 38.4 cm³/mol. The van der Waals surface area contributed by atoms with Crippen molar-refractivity contribution in [3.8, 4) is 0 Å². The molecule has 8 heteroatoms. The quantitative estimate of drug-likeness (QED) is 0.654. The molecule has 0 radical (unpaired) electrons. The topological polar surface area (TPSA) is 24.7 Å². The Morgan fingerprint density at radius 2 is 1.13 bits per heavy atom. The molecule has 1 heterocycles. The first-order valence-corrected chi connectivity index (χ1v) is 4.09. The molecule has 0 bridgehead atoms. The van der Waals surface area contributed by atoms with Crippen LogP contribution in [0.2, 0.25) is 0 Å². The van der Waals surface area contributed by atoms with Crippen molar-refractivity contribution in [2.24, 2.45) is 15.6 Å². The first kappa shape index (κ1) is 12.3. The average molecular weight is 234 g/mol. The maximum Gasteiger partial charge on any atom is 0.389 e. The highest BCUT2D eigenvalue weighted by molar-refractivity contribution is 4.91. The van der Waals surface area contributed by atoms with Gasteiger partial charge in [0.2, 0.25) is 0 Å². The number of hydrogen-bond donors (Lipinski definition) is 0. The van der Waals surface area contributed by atoms with Crippen LogP contribution in [-0.2, 0) is 0 Å². The van der Waals surface area contributed by atoms with Crippen molar-refractivity contribution < 1.29 is 26.3 Å². The van der Waals surface area contributed by atoms with Gasteiger partial charge in [-0.15, -0.1) is 0 Å². The monoisotopic (exact) mass is 234 g/mol. The zero-order valence-corrected chi connectivity index (χ0v) is 7.49. The van der Waals surface area contributed by atoms with Crippen LogP contribution >= 0.6 is 0 Å². The molecule has 0 aromatic heterocycles. The minimum atomic E-state index is -4.62. The summed E-state index contributed by atoms with van der Waals surface area (Å²) in [4.78, 5) is 0. The average Bonchev–Trinajstić information content (AvgIpc) is 2.27. The maximum absolute atomic E-state index is 12.1. The maximum atomic E-state index is 12.1.